The van der Waals surface area contributed by atoms with Crippen LogP contribution in [0.4, 0.5) is 0 Å². The van der Waals surface area contributed by atoms with E-state index in [1.807, 2.05) is 27.7 Å². The first kappa shape index (κ1) is 57.5. The van der Waals surface area contributed by atoms with E-state index < -0.39 is 35.6 Å². The number of aliphatic hydroxyl groups is 6. The van der Waals surface area contributed by atoms with Gasteiger partial charge in [-0.1, -0.05) is 166 Å². The Morgan fingerprint density at radius 3 is 1.24 bits per heavy atom. The third-order valence-electron chi connectivity index (χ3n) is 20.0. The van der Waals surface area contributed by atoms with E-state index in [4.69, 9.17) is 0 Å². The summed E-state index contributed by atoms with van der Waals surface area (Å²) in [5, 5.41) is 63.0. The van der Waals surface area contributed by atoms with Crippen molar-refractivity contribution in [1.29, 1.82) is 0 Å². The van der Waals surface area contributed by atoms with Crippen molar-refractivity contribution in [2.45, 2.75) is 271 Å². The van der Waals surface area contributed by atoms with Crippen LogP contribution >= 0.6 is 0 Å². The average Bonchev–Trinajstić information content (AvgIpc) is 3.81. The number of fused-ring (bicyclic) bond motifs is 2. The zero-order valence-electron chi connectivity index (χ0n) is 46.1. The van der Waals surface area contributed by atoms with Gasteiger partial charge in [-0.3, -0.25) is 0 Å². The first-order valence-electron chi connectivity index (χ1n) is 29.3. The molecule has 6 rings (SSSR count). The highest BCUT2D eigenvalue weighted by atomic mass is 16.3. The van der Waals surface area contributed by atoms with E-state index in [0.717, 1.165) is 48.0 Å². The molecule has 0 aromatic rings. The molecule has 0 heterocycles. The summed E-state index contributed by atoms with van der Waals surface area (Å²) in [5.74, 6) is 5.25. The molecule has 6 nitrogen and oxygen atoms in total. The normalized spacial score (nSPS) is 37.4. The molecule has 0 aliphatic heterocycles. The maximum Gasteiger partial charge on any atom is 0.0811 e. The number of hydrogen-bond donors (Lipinski definition) is 6. The predicted molar refractivity (Wildman–Crippen MR) is 292 cm³/mol. The molecule has 0 aromatic carbocycles. The van der Waals surface area contributed by atoms with Crippen LogP contribution in [-0.2, 0) is 0 Å². The molecular weight excluding hydrogens is 865 g/mol. The van der Waals surface area contributed by atoms with Crippen LogP contribution < -0.4 is 0 Å². The molecule has 6 aliphatic carbocycles. The molecule has 0 radical (unpaired) electrons. The predicted octanol–water partition coefficient (Wildman–Crippen LogP) is 14.8. The highest BCUT2D eigenvalue weighted by molar-refractivity contribution is 5.40. The van der Waals surface area contributed by atoms with Gasteiger partial charge >= 0.3 is 0 Å². The van der Waals surface area contributed by atoms with Gasteiger partial charge in [-0.05, 0) is 185 Å². The van der Waals surface area contributed by atoms with Crippen LogP contribution in [0.15, 0.2) is 70.9 Å². The van der Waals surface area contributed by atoms with Crippen LogP contribution in [0.3, 0.4) is 0 Å². The zero-order chi connectivity index (χ0) is 51.0. The molecule has 6 N–H and O–H groups in total. The molecule has 6 aliphatic rings. The van der Waals surface area contributed by atoms with Gasteiger partial charge in [0.2, 0.25) is 0 Å². The lowest BCUT2D eigenvalue weighted by atomic mass is 9.57. The second kappa shape index (κ2) is 25.2. The minimum atomic E-state index is -0.656. The first-order valence-corrected chi connectivity index (χ1v) is 29.3. The van der Waals surface area contributed by atoms with Crippen molar-refractivity contribution in [3.8, 4) is 0 Å². The van der Waals surface area contributed by atoms with Gasteiger partial charge in [0.1, 0.15) is 0 Å². The maximum atomic E-state index is 10.6. The third kappa shape index (κ3) is 15.4. The van der Waals surface area contributed by atoms with Gasteiger partial charge in [0.25, 0.3) is 0 Å². The van der Waals surface area contributed by atoms with E-state index in [1.165, 1.54) is 128 Å². The van der Waals surface area contributed by atoms with Crippen molar-refractivity contribution >= 4 is 0 Å². The minimum absolute atomic E-state index is 0.283. The van der Waals surface area contributed by atoms with Crippen molar-refractivity contribution < 1.29 is 30.6 Å². The SMILES string of the molecule is C=C1/C(=C\C=C2/C[C@H](CCCCCCCCCC[C@H]3C/C(=C\C=C4/C[C@@H](O)C[C@H](O)C4=C)[C@@H]4CC[C@H]([C@H](C)CCCC(C)(C)O)[C@@]4(C)C3)C[C@]3(C)[C@@H]([C@H](C)CCCC(C)(C)O)CC[C@@H]23)C[C@@H](O)C[C@@H]1O. The summed E-state index contributed by atoms with van der Waals surface area (Å²) in [5.41, 5.74) is 6.13. The molecule has 6 saturated carbocycles. The molecular formula is C64H106O6. The smallest absolute Gasteiger partial charge is 0.0811 e. The number of unbranched alkanes of at least 4 members (excludes halogenated alkanes) is 7. The fraction of sp³-hybridized carbons (Fsp3) is 0.812. The van der Waals surface area contributed by atoms with Gasteiger partial charge in [-0.15, -0.1) is 0 Å². The zero-order valence-corrected chi connectivity index (χ0v) is 46.1. The van der Waals surface area contributed by atoms with Gasteiger partial charge in [-0.25, -0.2) is 0 Å². The van der Waals surface area contributed by atoms with Gasteiger partial charge in [0.05, 0.1) is 35.6 Å². The van der Waals surface area contributed by atoms with Crippen molar-refractivity contribution in [2.24, 2.45) is 58.2 Å². The van der Waals surface area contributed by atoms with Crippen LogP contribution in [-0.4, -0.2) is 66.3 Å². The standard InChI is InChI=1S/C64H106O6/c1-43(21-19-33-61(5,6)69)55-29-31-57-51(27-25-49-37-53(65)39-59(67)45(49)3)35-47(41-63(55,57)9)23-17-15-13-11-12-14-16-18-24-48-36-52(28-26-50-38-54(66)40-60(68)46(50)4)58-32-30-56(64(58,10)42-48)44(2)22-20-34-62(7,8)70/h25-28,43-44,47-48,53-60,65-70H,3-4,11-24,29-42H2,1-2,5-10H3/b49-25-,50-26+,51-27+,52-28+/t43-,44-,47+,48+,53-,54-,55-,56-,57+,58+,59+,60+,63-,64-/m1/s1. The van der Waals surface area contributed by atoms with Gasteiger partial charge in [-0.2, -0.15) is 0 Å². The van der Waals surface area contributed by atoms with Gasteiger partial charge in [0.15, 0.2) is 0 Å². The van der Waals surface area contributed by atoms with Crippen molar-refractivity contribution in [3.63, 3.8) is 0 Å². The summed E-state index contributed by atoms with van der Waals surface area (Å²) < 4.78 is 0. The molecule has 0 amide bonds. The number of aliphatic hydroxyl groups excluding tert-OH is 4. The fourth-order valence-corrected chi connectivity index (χ4v) is 16.3. The Bertz CT molecular complexity index is 1710. The van der Waals surface area contributed by atoms with Crippen LogP contribution in [0.1, 0.15) is 235 Å². The quantitative estimate of drug-likeness (QED) is 0.0568. The third-order valence-corrected chi connectivity index (χ3v) is 20.0. The number of hydrogen-bond acceptors (Lipinski definition) is 6. The van der Waals surface area contributed by atoms with Crippen molar-refractivity contribution in [3.05, 3.63) is 70.9 Å². The molecule has 6 fully saturated rings. The van der Waals surface area contributed by atoms with Gasteiger partial charge in [0, 0.05) is 12.8 Å². The molecule has 0 unspecified atom stereocenters. The molecule has 398 valence electrons. The molecule has 0 aromatic heterocycles. The van der Waals surface area contributed by atoms with Crippen molar-refractivity contribution in [1.82, 2.24) is 0 Å². The Labute approximate surface area is 428 Å². The number of allylic oxidation sites excluding steroid dienone is 6. The topological polar surface area (TPSA) is 121 Å². The second-order valence-corrected chi connectivity index (χ2v) is 26.9. The average molecular weight is 972 g/mol. The van der Waals surface area contributed by atoms with Crippen LogP contribution in [0, 0.1) is 58.2 Å². The van der Waals surface area contributed by atoms with E-state index in [-0.39, 0.29) is 10.8 Å². The molecule has 6 heteroatoms. The Kier molecular flexibility index (Phi) is 20.7. The van der Waals surface area contributed by atoms with Crippen LogP contribution in [0.25, 0.3) is 0 Å². The summed E-state index contributed by atoms with van der Waals surface area (Å²) >= 11 is 0. The van der Waals surface area contributed by atoms with Crippen LogP contribution in [0.2, 0.25) is 0 Å². The summed E-state index contributed by atoms with van der Waals surface area (Å²) in [4.78, 5) is 0. The Balaban J connectivity index is 0.990. The Morgan fingerprint density at radius 2 is 0.886 bits per heavy atom. The lowest BCUT2D eigenvalue weighted by Crippen LogP contribution is -2.39. The van der Waals surface area contributed by atoms with E-state index in [9.17, 15) is 30.6 Å². The molecule has 0 saturated heterocycles. The molecule has 0 bridgehead atoms. The molecule has 14 atom stereocenters. The minimum Gasteiger partial charge on any atom is -0.393 e. The second-order valence-electron chi connectivity index (χ2n) is 26.9. The lowest BCUT2D eigenvalue weighted by molar-refractivity contribution is 0.0502. The first-order chi connectivity index (χ1) is 33.0. The summed E-state index contributed by atoms with van der Waals surface area (Å²) in [6.07, 6.45) is 38.3. The fourth-order valence-electron chi connectivity index (χ4n) is 16.3. The van der Waals surface area contributed by atoms with Crippen molar-refractivity contribution in [2.75, 3.05) is 0 Å². The molecule has 70 heavy (non-hydrogen) atoms. The summed E-state index contributed by atoms with van der Waals surface area (Å²) in [6, 6.07) is 0. The molecule has 0 spiro atoms. The van der Waals surface area contributed by atoms with E-state index in [0.29, 0.717) is 73.0 Å². The van der Waals surface area contributed by atoms with Crippen LogP contribution in [0.5, 0.6) is 0 Å². The van der Waals surface area contributed by atoms with Gasteiger partial charge < -0.3 is 30.6 Å². The van der Waals surface area contributed by atoms with E-state index >= 15 is 0 Å². The van der Waals surface area contributed by atoms with E-state index in [2.05, 4.69) is 65.2 Å². The highest BCUT2D eigenvalue weighted by Gasteiger charge is 2.54. The number of rotatable bonds is 23. The largest absolute Gasteiger partial charge is 0.393 e. The Hall–Kier alpha value is -1.80. The Morgan fingerprint density at radius 1 is 0.529 bits per heavy atom. The highest BCUT2D eigenvalue weighted by Crippen LogP contribution is 2.63. The maximum absolute atomic E-state index is 10.6. The van der Waals surface area contributed by atoms with E-state index in [1.54, 1.807) is 11.1 Å². The summed E-state index contributed by atoms with van der Waals surface area (Å²) in [6.45, 7) is 26.4. The monoisotopic (exact) mass is 971 g/mol. The summed E-state index contributed by atoms with van der Waals surface area (Å²) in [7, 11) is 0. The lowest BCUT2D eigenvalue weighted by Gasteiger charge is -2.47.